The second-order valence-corrected chi connectivity index (χ2v) is 7.45. The monoisotopic (exact) mass is 443 g/mol. The Balaban J connectivity index is 1.53. The summed E-state index contributed by atoms with van der Waals surface area (Å²) in [5.41, 5.74) is 7.02. The smallest absolute Gasteiger partial charge is 0.325 e. The molecule has 0 aliphatic carbocycles. The van der Waals surface area contributed by atoms with Crippen LogP contribution in [0.4, 0.5) is 0 Å². The minimum absolute atomic E-state index is 0.346. The Morgan fingerprint density at radius 2 is 1.33 bits per heavy atom. The molecule has 33 heavy (non-hydrogen) atoms. The van der Waals surface area contributed by atoms with Crippen molar-refractivity contribution in [3.63, 3.8) is 0 Å². The van der Waals surface area contributed by atoms with E-state index in [1.165, 1.54) is 0 Å². The molecular weight excluding hydrogens is 418 g/mol. The molecule has 0 saturated heterocycles. The van der Waals surface area contributed by atoms with Crippen molar-refractivity contribution in [1.29, 1.82) is 0 Å². The molecular formula is C26H25N3O4. The molecule has 3 rings (SSSR count). The second kappa shape index (κ2) is 11.4. The lowest BCUT2D eigenvalue weighted by molar-refractivity contribution is -0.147. The van der Waals surface area contributed by atoms with Crippen LogP contribution in [0.3, 0.4) is 0 Å². The Kier molecular flexibility index (Phi) is 8.07. The van der Waals surface area contributed by atoms with Crippen molar-refractivity contribution >= 4 is 23.5 Å². The van der Waals surface area contributed by atoms with Crippen LogP contribution >= 0.6 is 0 Å². The van der Waals surface area contributed by atoms with Crippen LogP contribution in [0, 0.1) is 13.8 Å². The molecule has 0 unspecified atom stereocenters. The number of aryl methyl sites for hydroxylation is 2. The number of hydrogen-bond donors (Lipinski definition) is 2. The number of amides is 2. The molecule has 7 heteroatoms. The first-order valence-electron chi connectivity index (χ1n) is 10.4. The summed E-state index contributed by atoms with van der Waals surface area (Å²) in [5.74, 6) is -1.70. The van der Waals surface area contributed by atoms with Crippen LogP contribution in [0.15, 0.2) is 84.0 Å². The first-order valence-corrected chi connectivity index (χ1v) is 10.4. The standard InChI is InChI=1S/C26H25N3O4/c1-18-13-19(2)15-22(14-18)26(32)27-16-24(31)33-17-23(30)28-29-25(20-9-5-3-6-10-20)21-11-7-4-8-12-21/h3-15H,16-17H2,1-2H3,(H,27,32)(H,28,30). The molecule has 2 N–H and O–H groups in total. The molecule has 0 atom stereocenters. The molecule has 0 aliphatic heterocycles. The third-order valence-electron chi connectivity index (χ3n) is 4.63. The van der Waals surface area contributed by atoms with Crippen molar-refractivity contribution in [1.82, 2.24) is 10.7 Å². The summed E-state index contributed by atoms with van der Waals surface area (Å²) in [6.07, 6.45) is 0. The number of rotatable bonds is 8. The number of esters is 1. The summed E-state index contributed by atoms with van der Waals surface area (Å²) in [6.45, 7) is 2.92. The van der Waals surface area contributed by atoms with Gasteiger partial charge in [-0.25, -0.2) is 5.43 Å². The van der Waals surface area contributed by atoms with Gasteiger partial charge in [-0.3, -0.25) is 14.4 Å². The summed E-state index contributed by atoms with van der Waals surface area (Å²) < 4.78 is 4.95. The van der Waals surface area contributed by atoms with Gasteiger partial charge in [-0.05, 0) is 26.0 Å². The Morgan fingerprint density at radius 1 is 0.788 bits per heavy atom. The third-order valence-corrected chi connectivity index (χ3v) is 4.63. The van der Waals surface area contributed by atoms with Crippen molar-refractivity contribution in [2.45, 2.75) is 13.8 Å². The summed E-state index contributed by atoms with van der Waals surface area (Å²) >= 11 is 0. The van der Waals surface area contributed by atoms with E-state index in [1.54, 1.807) is 12.1 Å². The van der Waals surface area contributed by atoms with Crippen molar-refractivity contribution < 1.29 is 19.1 Å². The lowest BCUT2D eigenvalue weighted by atomic mass is 10.0. The first kappa shape index (κ1) is 23.4. The van der Waals surface area contributed by atoms with Gasteiger partial charge < -0.3 is 10.1 Å². The van der Waals surface area contributed by atoms with Gasteiger partial charge in [-0.2, -0.15) is 5.10 Å². The van der Waals surface area contributed by atoms with Crippen LogP contribution in [0.2, 0.25) is 0 Å². The third kappa shape index (κ3) is 7.14. The number of hydrazone groups is 1. The molecule has 0 heterocycles. The molecule has 0 aromatic heterocycles. The quantitative estimate of drug-likeness (QED) is 0.318. The molecule has 3 aromatic carbocycles. The fourth-order valence-corrected chi connectivity index (χ4v) is 3.20. The van der Waals surface area contributed by atoms with E-state index in [4.69, 9.17) is 4.74 Å². The van der Waals surface area contributed by atoms with E-state index in [0.29, 0.717) is 11.3 Å². The fraction of sp³-hybridized carbons (Fsp3) is 0.154. The normalized spacial score (nSPS) is 10.1. The van der Waals surface area contributed by atoms with Crippen LogP contribution in [-0.2, 0) is 14.3 Å². The predicted molar refractivity (Wildman–Crippen MR) is 126 cm³/mol. The van der Waals surface area contributed by atoms with Gasteiger partial charge in [-0.1, -0.05) is 77.9 Å². The van der Waals surface area contributed by atoms with E-state index in [-0.39, 0.29) is 12.5 Å². The summed E-state index contributed by atoms with van der Waals surface area (Å²) in [5, 5.41) is 6.73. The molecule has 0 fully saturated rings. The van der Waals surface area contributed by atoms with E-state index < -0.39 is 18.5 Å². The van der Waals surface area contributed by atoms with Crippen LogP contribution in [-0.4, -0.2) is 36.6 Å². The number of nitrogens with one attached hydrogen (secondary N) is 2. The zero-order valence-electron chi connectivity index (χ0n) is 18.5. The van der Waals surface area contributed by atoms with E-state index in [0.717, 1.165) is 22.3 Å². The number of nitrogens with zero attached hydrogens (tertiary/aromatic N) is 1. The van der Waals surface area contributed by atoms with E-state index in [9.17, 15) is 14.4 Å². The molecule has 0 spiro atoms. The lowest BCUT2D eigenvalue weighted by Gasteiger charge is -2.09. The molecule has 7 nitrogen and oxygen atoms in total. The molecule has 168 valence electrons. The van der Waals surface area contributed by atoms with Gasteiger partial charge in [0.15, 0.2) is 6.61 Å². The molecule has 0 saturated carbocycles. The van der Waals surface area contributed by atoms with Gasteiger partial charge >= 0.3 is 5.97 Å². The molecule has 0 radical (unpaired) electrons. The van der Waals surface area contributed by atoms with E-state index >= 15 is 0 Å². The number of carbonyl (C=O) groups excluding carboxylic acids is 3. The number of carbonyl (C=O) groups is 3. The van der Waals surface area contributed by atoms with Crippen molar-refractivity contribution in [3.8, 4) is 0 Å². The Hall–Kier alpha value is -4.26. The Bertz CT molecular complexity index is 1100. The molecule has 3 aromatic rings. The van der Waals surface area contributed by atoms with Crippen LogP contribution in [0.5, 0.6) is 0 Å². The molecule has 2 amide bonds. The van der Waals surface area contributed by atoms with Gasteiger partial charge in [0, 0.05) is 16.7 Å². The van der Waals surface area contributed by atoms with Crippen molar-refractivity contribution in [3.05, 3.63) is 107 Å². The highest BCUT2D eigenvalue weighted by Gasteiger charge is 2.12. The Morgan fingerprint density at radius 3 is 1.88 bits per heavy atom. The van der Waals surface area contributed by atoms with Gasteiger partial charge in [0.25, 0.3) is 11.8 Å². The largest absolute Gasteiger partial charge is 0.454 e. The van der Waals surface area contributed by atoms with Gasteiger partial charge in [0.2, 0.25) is 0 Å². The molecule has 0 aliphatic rings. The van der Waals surface area contributed by atoms with Crippen LogP contribution < -0.4 is 10.7 Å². The number of benzene rings is 3. The van der Waals surface area contributed by atoms with Gasteiger partial charge in [-0.15, -0.1) is 0 Å². The minimum Gasteiger partial charge on any atom is -0.454 e. The summed E-state index contributed by atoms with van der Waals surface area (Å²) in [7, 11) is 0. The van der Waals surface area contributed by atoms with Gasteiger partial charge in [0.05, 0.1) is 5.71 Å². The number of hydrogen-bond acceptors (Lipinski definition) is 5. The minimum atomic E-state index is -0.724. The average Bonchev–Trinajstić information content (AvgIpc) is 2.82. The average molecular weight is 444 g/mol. The first-order chi connectivity index (χ1) is 15.9. The van der Waals surface area contributed by atoms with Gasteiger partial charge in [0.1, 0.15) is 6.54 Å². The van der Waals surface area contributed by atoms with E-state index in [1.807, 2.05) is 80.6 Å². The zero-order chi connectivity index (χ0) is 23.6. The maximum Gasteiger partial charge on any atom is 0.325 e. The predicted octanol–water partition coefficient (Wildman–Crippen LogP) is 3.15. The topological polar surface area (TPSA) is 96.9 Å². The maximum absolute atomic E-state index is 12.2. The highest BCUT2D eigenvalue weighted by atomic mass is 16.5. The molecule has 0 bridgehead atoms. The highest BCUT2D eigenvalue weighted by molar-refractivity contribution is 6.13. The second-order valence-electron chi connectivity index (χ2n) is 7.45. The summed E-state index contributed by atoms with van der Waals surface area (Å²) in [6, 6.07) is 24.3. The lowest BCUT2D eigenvalue weighted by Crippen LogP contribution is -2.33. The number of ether oxygens (including phenoxy) is 1. The van der Waals surface area contributed by atoms with Crippen molar-refractivity contribution in [2.75, 3.05) is 13.2 Å². The SMILES string of the molecule is Cc1cc(C)cc(C(=O)NCC(=O)OCC(=O)NN=C(c2ccccc2)c2ccccc2)c1. The maximum atomic E-state index is 12.2. The Labute approximate surface area is 192 Å². The van der Waals surface area contributed by atoms with Crippen molar-refractivity contribution in [2.24, 2.45) is 5.10 Å². The summed E-state index contributed by atoms with van der Waals surface area (Å²) in [4.78, 5) is 36.3. The van der Waals surface area contributed by atoms with Crippen LogP contribution in [0.25, 0.3) is 0 Å². The highest BCUT2D eigenvalue weighted by Crippen LogP contribution is 2.10. The zero-order valence-corrected chi connectivity index (χ0v) is 18.5. The fourth-order valence-electron chi connectivity index (χ4n) is 3.20. The van der Waals surface area contributed by atoms with Crippen LogP contribution in [0.1, 0.15) is 32.6 Å². The van der Waals surface area contributed by atoms with E-state index in [2.05, 4.69) is 15.8 Å².